The number of carbonyl (C=O) groups is 1. The maximum Gasteiger partial charge on any atom is 0.268 e. The second-order valence-electron chi connectivity index (χ2n) is 7.11. The first-order valence-corrected chi connectivity index (χ1v) is 11.9. The second-order valence-corrected chi connectivity index (χ2v) is 9.71. The molecule has 0 bridgehead atoms. The topological polar surface area (TPSA) is 66.5 Å². The van der Waals surface area contributed by atoms with Crippen molar-refractivity contribution < 1.29 is 13.2 Å². The third kappa shape index (κ3) is 3.26. The zero-order chi connectivity index (χ0) is 20.7. The van der Waals surface area contributed by atoms with Crippen LogP contribution in [-0.4, -0.2) is 20.9 Å². The number of thiophene rings is 1. The fraction of sp³-hybridized carbons (Fsp3) is 0.0870. The van der Waals surface area contributed by atoms with Crippen LogP contribution in [0, 0.1) is 0 Å². The molecule has 1 N–H and O–H groups in total. The highest BCUT2D eigenvalue weighted by Crippen LogP contribution is 2.33. The summed E-state index contributed by atoms with van der Waals surface area (Å²) in [6.45, 7) is 0.589. The van der Waals surface area contributed by atoms with E-state index in [-0.39, 0.29) is 10.8 Å². The fourth-order valence-corrected chi connectivity index (χ4v) is 5.80. The molecule has 0 saturated carbocycles. The summed E-state index contributed by atoms with van der Waals surface area (Å²) < 4.78 is 28.8. The summed E-state index contributed by atoms with van der Waals surface area (Å²) >= 11 is 1.42. The van der Waals surface area contributed by atoms with Crippen molar-refractivity contribution in [3.63, 3.8) is 0 Å². The van der Waals surface area contributed by atoms with Crippen molar-refractivity contribution in [1.29, 1.82) is 0 Å². The smallest absolute Gasteiger partial charge is 0.268 e. The molecular weight excluding hydrogens is 416 g/mol. The Morgan fingerprint density at radius 2 is 1.80 bits per heavy atom. The van der Waals surface area contributed by atoms with E-state index in [0.717, 1.165) is 16.6 Å². The highest BCUT2D eigenvalue weighted by Gasteiger charge is 2.27. The molecule has 0 fully saturated rings. The van der Waals surface area contributed by atoms with Gasteiger partial charge in [0.1, 0.15) is 0 Å². The van der Waals surface area contributed by atoms with Gasteiger partial charge in [0.05, 0.1) is 9.77 Å². The highest BCUT2D eigenvalue weighted by molar-refractivity contribution is 7.93. The van der Waals surface area contributed by atoms with Gasteiger partial charge in [0.15, 0.2) is 0 Å². The Labute approximate surface area is 178 Å². The van der Waals surface area contributed by atoms with Crippen molar-refractivity contribution >= 4 is 49.4 Å². The first-order chi connectivity index (χ1) is 14.5. The molecular formula is C23H18N2O3S2. The molecule has 0 saturated heterocycles. The average molecular weight is 435 g/mol. The van der Waals surface area contributed by atoms with E-state index in [2.05, 4.69) is 4.72 Å². The zero-order valence-electron chi connectivity index (χ0n) is 15.9. The molecule has 2 heterocycles. The minimum absolute atomic E-state index is 0.0205. The van der Waals surface area contributed by atoms with Crippen molar-refractivity contribution in [3.05, 3.63) is 88.6 Å². The molecule has 0 radical (unpaired) electrons. The predicted molar refractivity (Wildman–Crippen MR) is 121 cm³/mol. The maximum absolute atomic E-state index is 13.1. The van der Waals surface area contributed by atoms with E-state index >= 15 is 0 Å². The van der Waals surface area contributed by atoms with Gasteiger partial charge in [0, 0.05) is 23.3 Å². The van der Waals surface area contributed by atoms with Crippen LogP contribution in [0.25, 0.3) is 10.8 Å². The molecule has 5 nitrogen and oxygen atoms in total. The molecule has 0 aliphatic carbocycles. The van der Waals surface area contributed by atoms with Gasteiger partial charge in [-0.1, -0.05) is 42.5 Å². The van der Waals surface area contributed by atoms with Crippen molar-refractivity contribution in [1.82, 2.24) is 0 Å². The van der Waals surface area contributed by atoms with Gasteiger partial charge in [-0.2, -0.15) is 0 Å². The van der Waals surface area contributed by atoms with Gasteiger partial charge in [-0.25, -0.2) is 8.42 Å². The lowest BCUT2D eigenvalue weighted by Crippen LogP contribution is -2.28. The van der Waals surface area contributed by atoms with Crippen LogP contribution in [0.1, 0.15) is 15.2 Å². The molecule has 7 heteroatoms. The molecule has 0 atom stereocenters. The van der Waals surface area contributed by atoms with Crippen LogP contribution in [-0.2, 0) is 16.4 Å². The van der Waals surface area contributed by atoms with Crippen LogP contribution in [0.15, 0.2) is 83.1 Å². The number of hydrogen-bond donors (Lipinski definition) is 1. The van der Waals surface area contributed by atoms with E-state index in [1.165, 1.54) is 11.3 Å². The van der Waals surface area contributed by atoms with Crippen LogP contribution in [0.4, 0.5) is 11.4 Å². The van der Waals surface area contributed by atoms with E-state index in [0.29, 0.717) is 28.9 Å². The number of hydrogen-bond acceptors (Lipinski definition) is 4. The number of sulfonamides is 1. The van der Waals surface area contributed by atoms with Gasteiger partial charge in [-0.3, -0.25) is 9.52 Å². The Morgan fingerprint density at radius 3 is 2.63 bits per heavy atom. The Bertz CT molecular complexity index is 1360. The highest BCUT2D eigenvalue weighted by atomic mass is 32.2. The van der Waals surface area contributed by atoms with Crippen molar-refractivity contribution in [2.75, 3.05) is 16.2 Å². The number of nitrogens with one attached hydrogen (secondary N) is 1. The van der Waals surface area contributed by atoms with Crippen molar-refractivity contribution in [2.45, 2.75) is 11.3 Å². The van der Waals surface area contributed by atoms with Crippen molar-refractivity contribution in [3.8, 4) is 0 Å². The van der Waals surface area contributed by atoms with E-state index in [1.54, 1.807) is 29.2 Å². The molecule has 4 aromatic rings. The lowest BCUT2D eigenvalue weighted by molar-refractivity contribution is 0.0993. The molecule has 150 valence electrons. The maximum atomic E-state index is 13.1. The largest absolute Gasteiger partial charge is 0.307 e. The van der Waals surface area contributed by atoms with Gasteiger partial charge in [0.2, 0.25) is 0 Å². The van der Waals surface area contributed by atoms with Crippen LogP contribution in [0.5, 0.6) is 0 Å². The SMILES string of the molecule is O=C(c1cccs1)N1CCc2cc(NS(=O)(=O)c3cccc4ccccc34)ccc21. The monoisotopic (exact) mass is 434 g/mol. The minimum atomic E-state index is -3.75. The molecule has 1 amide bonds. The Morgan fingerprint density at radius 1 is 0.967 bits per heavy atom. The zero-order valence-corrected chi connectivity index (χ0v) is 17.5. The lowest BCUT2D eigenvalue weighted by atomic mass is 10.1. The number of carbonyl (C=O) groups excluding carboxylic acids is 1. The minimum Gasteiger partial charge on any atom is -0.307 e. The predicted octanol–water partition coefficient (Wildman–Crippen LogP) is 4.91. The van der Waals surface area contributed by atoms with E-state index < -0.39 is 10.0 Å². The summed E-state index contributed by atoms with van der Waals surface area (Å²) in [5.41, 5.74) is 2.28. The summed E-state index contributed by atoms with van der Waals surface area (Å²) in [5.74, 6) is -0.0205. The number of benzene rings is 3. The molecule has 1 aliphatic rings. The van der Waals surface area contributed by atoms with Gasteiger partial charge in [-0.15, -0.1) is 11.3 Å². The first-order valence-electron chi connectivity index (χ1n) is 9.52. The molecule has 3 aromatic carbocycles. The van der Waals surface area contributed by atoms with Crippen LogP contribution < -0.4 is 9.62 Å². The molecule has 1 aromatic heterocycles. The number of anilines is 2. The van der Waals surface area contributed by atoms with E-state index in [9.17, 15) is 13.2 Å². The molecule has 30 heavy (non-hydrogen) atoms. The second kappa shape index (κ2) is 7.27. The number of rotatable bonds is 4. The Hall–Kier alpha value is -3.16. The normalized spacial score (nSPS) is 13.4. The summed E-state index contributed by atoms with van der Waals surface area (Å²) in [6.07, 6.45) is 0.691. The van der Waals surface area contributed by atoms with Crippen LogP contribution in [0.3, 0.4) is 0 Å². The standard InChI is InChI=1S/C23H18N2O3S2/c26-23(21-8-4-14-29-21)25-13-12-17-15-18(10-11-20(17)25)24-30(27,28)22-9-3-6-16-5-1-2-7-19(16)22/h1-11,14-15,24H,12-13H2. The van der Waals surface area contributed by atoms with Gasteiger partial charge in [0.25, 0.3) is 15.9 Å². The number of fused-ring (bicyclic) bond motifs is 2. The van der Waals surface area contributed by atoms with E-state index in [4.69, 9.17) is 0 Å². The summed E-state index contributed by atoms with van der Waals surface area (Å²) in [4.78, 5) is 15.4. The number of nitrogens with zero attached hydrogens (tertiary/aromatic N) is 1. The molecule has 0 unspecified atom stereocenters. The summed E-state index contributed by atoms with van der Waals surface area (Å²) in [7, 11) is -3.75. The molecule has 1 aliphatic heterocycles. The summed E-state index contributed by atoms with van der Waals surface area (Å²) in [6, 6.07) is 21.7. The number of amides is 1. The lowest BCUT2D eigenvalue weighted by Gasteiger charge is -2.17. The van der Waals surface area contributed by atoms with Gasteiger partial charge in [-0.05, 0) is 53.1 Å². The molecule has 5 rings (SSSR count). The quantitative estimate of drug-likeness (QED) is 0.497. The Kier molecular flexibility index (Phi) is 4.56. The Balaban J connectivity index is 1.44. The van der Waals surface area contributed by atoms with Crippen LogP contribution >= 0.6 is 11.3 Å². The van der Waals surface area contributed by atoms with Gasteiger partial charge >= 0.3 is 0 Å². The van der Waals surface area contributed by atoms with Crippen LogP contribution in [0.2, 0.25) is 0 Å². The van der Waals surface area contributed by atoms with Gasteiger partial charge < -0.3 is 4.90 Å². The summed E-state index contributed by atoms with van der Waals surface area (Å²) in [5, 5.41) is 3.44. The van der Waals surface area contributed by atoms with E-state index in [1.807, 2.05) is 53.9 Å². The fourth-order valence-electron chi connectivity index (χ4n) is 3.85. The first kappa shape index (κ1) is 18.8. The van der Waals surface area contributed by atoms with Crippen molar-refractivity contribution in [2.24, 2.45) is 0 Å². The molecule has 0 spiro atoms. The third-order valence-corrected chi connectivity index (χ3v) is 7.54. The third-order valence-electron chi connectivity index (χ3n) is 5.24. The average Bonchev–Trinajstić information content (AvgIpc) is 3.42.